The molecule has 2 rings (SSSR count). The van der Waals surface area contributed by atoms with E-state index in [-0.39, 0.29) is 5.78 Å². The molecule has 4 heteroatoms. The molecule has 0 amide bonds. The topological polar surface area (TPSA) is 17.1 Å². The van der Waals surface area contributed by atoms with E-state index in [9.17, 15) is 4.79 Å². The standard InChI is InChI=1S/C16H12I2OS/c1-20-15-5-3-12(4-6-15)16(19)7-2-11-8-13(17)10-14(18)9-11/h2-10H,1H3/b7-2+. The van der Waals surface area contributed by atoms with Crippen LogP contribution in [0.1, 0.15) is 15.9 Å². The van der Waals surface area contributed by atoms with E-state index in [1.165, 1.54) is 7.14 Å². The Hall–Kier alpha value is -0.340. The number of carbonyl (C=O) groups excluding carboxylic acids is 1. The van der Waals surface area contributed by atoms with E-state index < -0.39 is 0 Å². The number of benzene rings is 2. The van der Waals surface area contributed by atoms with E-state index in [1.807, 2.05) is 36.6 Å². The van der Waals surface area contributed by atoms with Gasteiger partial charge in [0.25, 0.3) is 0 Å². The highest BCUT2D eigenvalue weighted by molar-refractivity contribution is 14.1. The Balaban J connectivity index is 2.15. The molecule has 0 saturated heterocycles. The summed E-state index contributed by atoms with van der Waals surface area (Å²) in [5, 5.41) is 0. The number of hydrogen-bond donors (Lipinski definition) is 0. The van der Waals surface area contributed by atoms with Crippen molar-refractivity contribution in [2.75, 3.05) is 6.26 Å². The van der Waals surface area contributed by atoms with Gasteiger partial charge in [0.15, 0.2) is 5.78 Å². The van der Waals surface area contributed by atoms with Gasteiger partial charge in [-0.3, -0.25) is 4.79 Å². The Bertz CT molecular complexity index is 628. The lowest BCUT2D eigenvalue weighted by Crippen LogP contribution is -1.93. The molecule has 102 valence electrons. The first-order valence-corrected chi connectivity index (χ1v) is 9.29. The highest BCUT2D eigenvalue weighted by Crippen LogP contribution is 2.17. The molecule has 0 atom stereocenters. The Morgan fingerprint density at radius 2 is 1.65 bits per heavy atom. The van der Waals surface area contributed by atoms with E-state index in [2.05, 4.69) is 63.4 Å². The fourth-order valence-electron chi connectivity index (χ4n) is 1.69. The van der Waals surface area contributed by atoms with Crippen LogP contribution in [0.4, 0.5) is 0 Å². The fraction of sp³-hybridized carbons (Fsp3) is 0.0625. The van der Waals surface area contributed by atoms with Crippen molar-refractivity contribution in [2.45, 2.75) is 4.90 Å². The number of allylic oxidation sites excluding steroid dienone is 1. The molecule has 0 N–H and O–H groups in total. The third kappa shape index (κ3) is 4.60. The number of rotatable bonds is 4. The number of halogens is 2. The normalized spacial score (nSPS) is 10.9. The predicted octanol–water partition coefficient (Wildman–Crippen LogP) is 5.51. The highest BCUT2D eigenvalue weighted by atomic mass is 127. The molecule has 1 nitrogen and oxygen atoms in total. The van der Waals surface area contributed by atoms with E-state index >= 15 is 0 Å². The maximum atomic E-state index is 12.1. The molecular weight excluding hydrogens is 494 g/mol. The lowest BCUT2D eigenvalue weighted by atomic mass is 10.1. The maximum absolute atomic E-state index is 12.1. The summed E-state index contributed by atoms with van der Waals surface area (Å²) in [6, 6.07) is 13.9. The third-order valence-electron chi connectivity index (χ3n) is 2.69. The van der Waals surface area contributed by atoms with E-state index in [1.54, 1.807) is 17.8 Å². The van der Waals surface area contributed by atoms with Gasteiger partial charge in [-0.25, -0.2) is 0 Å². The SMILES string of the molecule is CSc1ccc(C(=O)/C=C/c2cc(I)cc(I)c2)cc1. The molecule has 0 radical (unpaired) electrons. The molecule has 0 bridgehead atoms. The Morgan fingerprint density at radius 1 is 1.05 bits per heavy atom. The second-order valence-electron chi connectivity index (χ2n) is 4.13. The number of carbonyl (C=O) groups is 1. The largest absolute Gasteiger partial charge is 0.289 e. The van der Waals surface area contributed by atoms with Crippen LogP contribution in [0.5, 0.6) is 0 Å². The van der Waals surface area contributed by atoms with Crippen LogP contribution in [-0.2, 0) is 0 Å². The molecule has 0 aromatic heterocycles. The second-order valence-corrected chi connectivity index (χ2v) is 7.50. The van der Waals surface area contributed by atoms with Gasteiger partial charge in [-0.2, -0.15) is 0 Å². The minimum Gasteiger partial charge on any atom is -0.289 e. The summed E-state index contributed by atoms with van der Waals surface area (Å²) in [5.41, 5.74) is 1.77. The van der Waals surface area contributed by atoms with Crippen molar-refractivity contribution in [1.82, 2.24) is 0 Å². The maximum Gasteiger partial charge on any atom is 0.185 e. The van der Waals surface area contributed by atoms with E-state index in [0.717, 1.165) is 16.0 Å². The molecule has 0 heterocycles. The number of hydrogen-bond acceptors (Lipinski definition) is 2. The van der Waals surface area contributed by atoms with Crippen LogP contribution < -0.4 is 0 Å². The Morgan fingerprint density at radius 3 is 2.20 bits per heavy atom. The van der Waals surface area contributed by atoms with Gasteiger partial charge in [-0.05, 0) is 106 Å². The molecule has 0 aliphatic carbocycles. The van der Waals surface area contributed by atoms with Gasteiger partial charge in [0.2, 0.25) is 0 Å². The fourth-order valence-corrected chi connectivity index (χ4v) is 4.09. The molecule has 0 unspecified atom stereocenters. The highest BCUT2D eigenvalue weighted by Gasteiger charge is 2.02. The van der Waals surface area contributed by atoms with Crippen LogP contribution in [0.2, 0.25) is 0 Å². The quantitative estimate of drug-likeness (QED) is 0.236. The summed E-state index contributed by atoms with van der Waals surface area (Å²) in [5.74, 6) is 0.0338. The van der Waals surface area contributed by atoms with Crippen molar-refractivity contribution < 1.29 is 4.79 Å². The van der Waals surface area contributed by atoms with E-state index in [4.69, 9.17) is 0 Å². The smallest absolute Gasteiger partial charge is 0.185 e. The van der Waals surface area contributed by atoms with Crippen molar-refractivity contribution in [3.05, 3.63) is 66.8 Å². The number of ketones is 1. The van der Waals surface area contributed by atoms with Gasteiger partial charge in [0.1, 0.15) is 0 Å². The average molecular weight is 506 g/mol. The molecule has 2 aromatic rings. The summed E-state index contributed by atoms with van der Waals surface area (Å²) in [6.45, 7) is 0. The minimum absolute atomic E-state index is 0.0338. The van der Waals surface area contributed by atoms with Crippen molar-refractivity contribution in [1.29, 1.82) is 0 Å². The van der Waals surface area contributed by atoms with Gasteiger partial charge in [0, 0.05) is 17.6 Å². The molecule has 0 aliphatic rings. The van der Waals surface area contributed by atoms with Crippen LogP contribution in [0.3, 0.4) is 0 Å². The second kappa shape index (κ2) is 7.61. The molecule has 20 heavy (non-hydrogen) atoms. The van der Waals surface area contributed by atoms with Crippen molar-refractivity contribution in [3.63, 3.8) is 0 Å². The summed E-state index contributed by atoms with van der Waals surface area (Å²) in [7, 11) is 0. The van der Waals surface area contributed by atoms with Crippen molar-refractivity contribution >= 4 is 68.8 Å². The van der Waals surface area contributed by atoms with Crippen molar-refractivity contribution in [3.8, 4) is 0 Å². The van der Waals surface area contributed by atoms with Crippen LogP contribution in [0.15, 0.2) is 53.4 Å². The molecule has 0 saturated carbocycles. The lowest BCUT2D eigenvalue weighted by Gasteiger charge is -1.99. The zero-order valence-electron chi connectivity index (χ0n) is 10.8. The molecule has 0 aliphatic heterocycles. The van der Waals surface area contributed by atoms with Crippen LogP contribution in [0.25, 0.3) is 6.08 Å². The minimum atomic E-state index is 0.0338. The monoisotopic (exact) mass is 506 g/mol. The first kappa shape index (κ1) is 16.0. The Kier molecular flexibility index (Phi) is 6.10. The third-order valence-corrected chi connectivity index (χ3v) is 4.68. The van der Waals surface area contributed by atoms with Gasteiger partial charge >= 0.3 is 0 Å². The van der Waals surface area contributed by atoms with Gasteiger partial charge in [-0.1, -0.05) is 6.08 Å². The average Bonchev–Trinajstić information content (AvgIpc) is 2.44. The van der Waals surface area contributed by atoms with Crippen LogP contribution >= 0.6 is 56.9 Å². The predicted molar refractivity (Wildman–Crippen MR) is 103 cm³/mol. The molecular formula is C16H12I2OS. The summed E-state index contributed by atoms with van der Waals surface area (Å²) >= 11 is 6.23. The van der Waals surface area contributed by atoms with Gasteiger partial charge in [0.05, 0.1) is 0 Å². The number of thioether (sulfide) groups is 1. The summed E-state index contributed by atoms with van der Waals surface area (Å²) in [6.07, 6.45) is 5.53. The van der Waals surface area contributed by atoms with E-state index in [0.29, 0.717) is 0 Å². The zero-order chi connectivity index (χ0) is 14.5. The first-order chi connectivity index (χ1) is 9.58. The summed E-state index contributed by atoms with van der Waals surface area (Å²) in [4.78, 5) is 13.3. The van der Waals surface area contributed by atoms with Gasteiger partial charge in [-0.15, -0.1) is 11.8 Å². The summed E-state index contributed by atoms with van der Waals surface area (Å²) < 4.78 is 2.34. The first-order valence-electron chi connectivity index (χ1n) is 5.91. The van der Waals surface area contributed by atoms with Crippen LogP contribution in [0, 0.1) is 7.14 Å². The molecule has 2 aromatic carbocycles. The zero-order valence-corrected chi connectivity index (χ0v) is 15.9. The van der Waals surface area contributed by atoms with Crippen molar-refractivity contribution in [2.24, 2.45) is 0 Å². The van der Waals surface area contributed by atoms with Gasteiger partial charge < -0.3 is 0 Å². The Labute approximate surface area is 150 Å². The van der Waals surface area contributed by atoms with Crippen LogP contribution in [-0.4, -0.2) is 12.0 Å². The molecule has 0 spiro atoms. The lowest BCUT2D eigenvalue weighted by molar-refractivity contribution is 0.104. The molecule has 0 fully saturated rings.